The predicted molar refractivity (Wildman–Crippen MR) is 125 cm³/mol. The lowest BCUT2D eigenvalue weighted by atomic mass is 10.1. The molecule has 0 unspecified atom stereocenters. The summed E-state index contributed by atoms with van der Waals surface area (Å²) in [6.07, 6.45) is 5.10. The molecule has 0 atom stereocenters. The maximum Gasteiger partial charge on any atom is 0.260 e. The molecule has 30 heavy (non-hydrogen) atoms. The molecule has 4 heterocycles. The van der Waals surface area contributed by atoms with E-state index in [2.05, 4.69) is 15.0 Å². The lowest BCUT2D eigenvalue weighted by molar-refractivity contribution is 0.915. The number of thiophene rings is 2. The summed E-state index contributed by atoms with van der Waals surface area (Å²) in [5, 5.41) is 4.87. The van der Waals surface area contributed by atoms with Crippen LogP contribution >= 0.6 is 34.4 Å². The van der Waals surface area contributed by atoms with Crippen LogP contribution in [-0.4, -0.2) is 19.9 Å². The van der Waals surface area contributed by atoms with Crippen molar-refractivity contribution in [2.24, 2.45) is 0 Å². The van der Waals surface area contributed by atoms with Crippen molar-refractivity contribution in [3.05, 3.63) is 68.7 Å². The standard InChI is InChI=1S/C22H16N4OS3/c27-19-17-14(12-5-2-1-3-6-12)9-28-22(17)26-16(25-19)10-29-20-18-13-7-4-8-15(13)30-21(18)24-11-23-20/h1-3,5-6,9,11H,4,7-8,10H2,(H,25,26,27). The summed E-state index contributed by atoms with van der Waals surface area (Å²) in [4.78, 5) is 32.9. The third kappa shape index (κ3) is 2.98. The number of nitrogens with one attached hydrogen (secondary N) is 1. The Labute approximate surface area is 184 Å². The first-order valence-electron chi connectivity index (χ1n) is 9.72. The molecule has 148 valence electrons. The molecule has 5 aromatic rings. The number of thioether (sulfide) groups is 1. The number of benzene rings is 1. The number of rotatable bonds is 4. The lowest BCUT2D eigenvalue weighted by Gasteiger charge is -2.04. The van der Waals surface area contributed by atoms with Gasteiger partial charge >= 0.3 is 0 Å². The fourth-order valence-corrected chi connectivity index (χ4v) is 7.19. The molecule has 0 aliphatic heterocycles. The third-order valence-electron chi connectivity index (χ3n) is 5.39. The van der Waals surface area contributed by atoms with Crippen molar-refractivity contribution in [3.63, 3.8) is 0 Å². The van der Waals surface area contributed by atoms with Gasteiger partial charge in [0.05, 0.1) is 11.1 Å². The van der Waals surface area contributed by atoms with Crippen molar-refractivity contribution in [2.75, 3.05) is 0 Å². The fraction of sp³-hybridized carbons (Fsp3) is 0.182. The average molecular weight is 449 g/mol. The van der Waals surface area contributed by atoms with Gasteiger partial charge in [0.2, 0.25) is 0 Å². The summed E-state index contributed by atoms with van der Waals surface area (Å²) >= 11 is 4.93. The second kappa shape index (κ2) is 7.30. The fourth-order valence-electron chi connectivity index (χ4n) is 4.04. The summed E-state index contributed by atoms with van der Waals surface area (Å²) < 4.78 is 0. The second-order valence-corrected chi connectivity index (χ2v) is 10.1. The van der Waals surface area contributed by atoms with Crippen molar-refractivity contribution in [1.82, 2.24) is 19.9 Å². The molecular weight excluding hydrogens is 432 g/mol. The van der Waals surface area contributed by atoms with Crippen LogP contribution in [0.3, 0.4) is 0 Å². The number of nitrogens with zero attached hydrogens (tertiary/aromatic N) is 3. The quantitative estimate of drug-likeness (QED) is 0.293. The van der Waals surface area contributed by atoms with Crippen LogP contribution in [0.1, 0.15) is 22.7 Å². The van der Waals surface area contributed by atoms with Gasteiger partial charge in [-0.25, -0.2) is 15.0 Å². The van der Waals surface area contributed by atoms with Crippen molar-refractivity contribution >= 4 is 54.9 Å². The average Bonchev–Trinajstić information content (AvgIpc) is 3.47. The van der Waals surface area contributed by atoms with Crippen LogP contribution in [0.2, 0.25) is 0 Å². The van der Waals surface area contributed by atoms with E-state index in [0.717, 1.165) is 38.7 Å². The van der Waals surface area contributed by atoms with Gasteiger partial charge < -0.3 is 4.98 Å². The zero-order valence-corrected chi connectivity index (χ0v) is 18.3. The Morgan fingerprint density at radius 2 is 1.97 bits per heavy atom. The van der Waals surface area contributed by atoms with Gasteiger partial charge in [-0.3, -0.25) is 4.79 Å². The molecule has 1 N–H and O–H groups in total. The number of H-pyrrole nitrogens is 1. The Morgan fingerprint density at radius 1 is 1.07 bits per heavy atom. The topological polar surface area (TPSA) is 71.5 Å². The van der Waals surface area contributed by atoms with E-state index in [0.29, 0.717) is 17.0 Å². The van der Waals surface area contributed by atoms with Crippen LogP contribution in [-0.2, 0) is 18.6 Å². The highest BCUT2D eigenvalue weighted by molar-refractivity contribution is 7.98. The van der Waals surface area contributed by atoms with Crippen molar-refractivity contribution in [3.8, 4) is 11.1 Å². The molecule has 0 spiro atoms. The molecule has 0 saturated carbocycles. The first kappa shape index (κ1) is 18.2. The van der Waals surface area contributed by atoms with E-state index in [9.17, 15) is 4.79 Å². The molecule has 0 saturated heterocycles. The van der Waals surface area contributed by atoms with Gasteiger partial charge in [-0.2, -0.15) is 0 Å². The highest BCUT2D eigenvalue weighted by Crippen LogP contribution is 2.40. The van der Waals surface area contributed by atoms with E-state index in [4.69, 9.17) is 4.98 Å². The molecule has 0 fully saturated rings. The van der Waals surface area contributed by atoms with E-state index in [1.807, 2.05) is 35.7 Å². The minimum absolute atomic E-state index is 0.0834. The number of aryl methyl sites for hydroxylation is 2. The van der Waals surface area contributed by atoms with Crippen molar-refractivity contribution in [1.29, 1.82) is 0 Å². The molecule has 1 aromatic carbocycles. The maximum absolute atomic E-state index is 12.9. The molecule has 0 bridgehead atoms. The molecular formula is C22H16N4OS3. The molecule has 4 aromatic heterocycles. The monoisotopic (exact) mass is 448 g/mol. The van der Waals surface area contributed by atoms with Gasteiger partial charge in [0, 0.05) is 21.2 Å². The molecule has 1 aliphatic carbocycles. The van der Waals surface area contributed by atoms with Gasteiger partial charge in [-0.15, -0.1) is 22.7 Å². The van der Waals surface area contributed by atoms with Crippen molar-refractivity contribution < 1.29 is 0 Å². The van der Waals surface area contributed by atoms with Crippen LogP contribution in [0.15, 0.2) is 51.9 Å². The molecule has 0 amide bonds. The zero-order chi connectivity index (χ0) is 20.1. The molecule has 0 radical (unpaired) electrons. The lowest BCUT2D eigenvalue weighted by Crippen LogP contribution is -2.10. The minimum Gasteiger partial charge on any atom is -0.309 e. The highest BCUT2D eigenvalue weighted by Gasteiger charge is 2.21. The molecule has 6 rings (SSSR count). The smallest absolute Gasteiger partial charge is 0.260 e. The Bertz CT molecular complexity index is 1450. The number of aromatic nitrogens is 4. The first-order chi connectivity index (χ1) is 14.8. The van der Waals surface area contributed by atoms with Gasteiger partial charge in [0.25, 0.3) is 5.56 Å². The Kier molecular flexibility index (Phi) is 4.44. The third-order valence-corrected chi connectivity index (χ3v) is 8.46. The summed E-state index contributed by atoms with van der Waals surface area (Å²) in [6, 6.07) is 9.97. The largest absolute Gasteiger partial charge is 0.309 e. The Hall–Kier alpha value is -2.55. The maximum atomic E-state index is 12.9. The summed E-state index contributed by atoms with van der Waals surface area (Å²) in [5.74, 6) is 1.25. The molecule has 5 nitrogen and oxygen atoms in total. The van der Waals surface area contributed by atoms with Gasteiger partial charge in [0.1, 0.15) is 26.8 Å². The number of aromatic amines is 1. The number of hydrogen-bond donors (Lipinski definition) is 1. The zero-order valence-electron chi connectivity index (χ0n) is 15.8. The second-order valence-electron chi connectivity index (χ2n) is 7.21. The summed E-state index contributed by atoms with van der Waals surface area (Å²) in [6.45, 7) is 0. The number of hydrogen-bond acceptors (Lipinski definition) is 7. The van der Waals surface area contributed by atoms with Crippen LogP contribution < -0.4 is 5.56 Å². The Morgan fingerprint density at radius 3 is 2.87 bits per heavy atom. The summed E-state index contributed by atoms with van der Waals surface area (Å²) in [7, 11) is 0. The van der Waals surface area contributed by atoms with Gasteiger partial charge in [0.15, 0.2) is 0 Å². The van der Waals surface area contributed by atoms with Crippen LogP contribution in [0.25, 0.3) is 31.6 Å². The van der Waals surface area contributed by atoms with Crippen LogP contribution in [0, 0.1) is 0 Å². The van der Waals surface area contributed by atoms with Crippen molar-refractivity contribution in [2.45, 2.75) is 30.0 Å². The van der Waals surface area contributed by atoms with E-state index >= 15 is 0 Å². The molecule has 8 heteroatoms. The van der Waals surface area contributed by atoms with Crippen LogP contribution in [0.4, 0.5) is 0 Å². The summed E-state index contributed by atoms with van der Waals surface area (Å²) in [5.41, 5.74) is 3.31. The molecule has 1 aliphatic rings. The minimum atomic E-state index is -0.0834. The van der Waals surface area contributed by atoms with Crippen LogP contribution in [0.5, 0.6) is 0 Å². The van der Waals surface area contributed by atoms with E-state index in [1.54, 1.807) is 29.4 Å². The van der Waals surface area contributed by atoms with E-state index < -0.39 is 0 Å². The normalized spacial score (nSPS) is 13.3. The Balaban J connectivity index is 1.34. The first-order valence-corrected chi connectivity index (χ1v) is 12.4. The van der Waals surface area contributed by atoms with Gasteiger partial charge in [-0.1, -0.05) is 42.1 Å². The van der Waals surface area contributed by atoms with Gasteiger partial charge in [-0.05, 0) is 30.4 Å². The van der Waals surface area contributed by atoms with E-state index in [-0.39, 0.29) is 5.56 Å². The number of fused-ring (bicyclic) bond motifs is 4. The SMILES string of the molecule is O=c1[nH]c(CSc2ncnc3sc4c(c23)CCC4)nc2scc(-c3ccccc3)c12. The highest BCUT2D eigenvalue weighted by atomic mass is 32.2. The van der Waals surface area contributed by atoms with E-state index in [1.165, 1.54) is 33.6 Å². The predicted octanol–water partition coefficient (Wildman–Crippen LogP) is 5.44.